The second-order valence-electron chi connectivity index (χ2n) is 6.94. The molecule has 3 rings (SSSR count). The highest BCUT2D eigenvalue weighted by molar-refractivity contribution is 5.95. The zero-order valence-corrected chi connectivity index (χ0v) is 17.6. The minimum Gasteiger partial charge on any atom is -0.497 e. The van der Waals surface area contributed by atoms with Crippen LogP contribution in [0.25, 0.3) is 0 Å². The number of rotatable bonds is 7. The third kappa shape index (κ3) is 4.95. The number of esters is 1. The van der Waals surface area contributed by atoms with Crippen molar-refractivity contribution in [1.82, 2.24) is 10.6 Å². The Morgan fingerprint density at radius 3 is 2.61 bits per heavy atom. The van der Waals surface area contributed by atoms with E-state index in [2.05, 4.69) is 16.7 Å². The van der Waals surface area contributed by atoms with Crippen LogP contribution in [0.5, 0.6) is 5.75 Å². The first-order valence-corrected chi connectivity index (χ1v) is 9.79. The van der Waals surface area contributed by atoms with E-state index in [-0.39, 0.29) is 13.2 Å². The number of methoxy groups -OCH3 is 1. The van der Waals surface area contributed by atoms with Crippen molar-refractivity contribution in [3.8, 4) is 11.8 Å². The minimum absolute atomic E-state index is 0.207. The maximum Gasteiger partial charge on any atom is 0.338 e. The number of nitriles is 1. The van der Waals surface area contributed by atoms with Crippen LogP contribution in [0.2, 0.25) is 0 Å². The molecule has 0 fully saturated rings. The minimum atomic E-state index is -0.674. The number of nitrogens with zero attached hydrogens (tertiary/aromatic N) is 2. The fraction of sp³-hybridized carbons (Fsp3) is 0.261. The van der Waals surface area contributed by atoms with Gasteiger partial charge in [-0.25, -0.2) is 9.59 Å². The number of nitrogens with one attached hydrogen (secondary N) is 2. The molecule has 2 amide bonds. The summed E-state index contributed by atoms with van der Waals surface area (Å²) in [6.07, 6.45) is 0. The molecule has 31 heavy (non-hydrogen) atoms. The van der Waals surface area contributed by atoms with E-state index in [0.29, 0.717) is 22.6 Å². The summed E-state index contributed by atoms with van der Waals surface area (Å²) in [7, 11) is 3.39. The molecule has 1 atom stereocenters. The maximum atomic E-state index is 12.9. The predicted octanol–water partition coefficient (Wildman–Crippen LogP) is 2.87. The molecule has 0 saturated heterocycles. The molecular formula is C23H24N4O4. The zero-order valence-electron chi connectivity index (χ0n) is 17.6. The van der Waals surface area contributed by atoms with Crippen molar-refractivity contribution in [2.45, 2.75) is 13.0 Å². The van der Waals surface area contributed by atoms with E-state index < -0.39 is 18.0 Å². The predicted molar refractivity (Wildman–Crippen MR) is 115 cm³/mol. The van der Waals surface area contributed by atoms with Gasteiger partial charge in [-0.2, -0.15) is 5.26 Å². The van der Waals surface area contributed by atoms with Gasteiger partial charge in [-0.15, -0.1) is 0 Å². The highest BCUT2D eigenvalue weighted by Crippen LogP contribution is 2.30. The van der Waals surface area contributed by atoms with Crippen molar-refractivity contribution in [2.24, 2.45) is 0 Å². The molecule has 1 aliphatic rings. The van der Waals surface area contributed by atoms with Crippen LogP contribution in [0.15, 0.2) is 59.8 Å². The number of anilines is 1. The molecule has 0 spiro atoms. The van der Waals surface area contributed by atoms with Gasteiger partial charge in [-0.05, 0) is 42.8 Å². The van der Waals surface area contributed by atoms with Gasteiger partial charge in [-0.1, -0.05) is 18.2 Å². The van der Waals surface area contributed by atoms with E-state index in [0.717, 1.165) is 11.3 Å². The second-order valence-corrected chi connectivity index (χ2v) is 6.94. The van der Waals surface area contributed by atoms with Gasteiger partial charge in [0.25, 0.3) is 0 Å². The first-order valence-electron chi connectivity index (χ1n) is 9.79. The fourth-order valence-electron chi connectivity index (χ4n) is 3.38. The largest absolute Gasteiger partial charge is 0.497 e. The number of carbonyl (C=O) groups excluding carboxylic acids is 2. The smallest absolute Gasteiger partial charge is 0.338 e. The van der Waals surface area contributed by atoms with E-state index >= 15 is 0 Å². The average Bonchev–Trinajstić information content (AvgIpc) is 2.78. The summed E-state index contributed by atoms with van der Waals surface area (Å²) in [5.41, 5.74) is 2.80. The first-order chi connectivity index (χ1) is 15.0. The van der Waals surface area contributed by atoms with E-state index in [4.69, 9.17) is 14.7 Å². The van der Waals surface area contributed by atoms with Gasteiger partial charge in [0.05, 0.1) is 49.2 Å². The average molecular weight is 420 g/mol. The van der Waals surface area contributed by atoms with E-state index in [9.17, 15) is 9.59 Å². The number of amides is 2. The number of carbonyl (C=O) groups is 2. The van der Waals surface area contributed by atoms with Gasteiger partial charge in [0.2, 0.25) is 0 Å². The second kappa shape index (κ2) is 9.67. The summed E-state index contributed by atoms with van der Waals surface area (Å²) >= 11 is 0. The lowest BCUT2D eigenvalue weighted by atomic mass is 9.95. The molecule has 8 nitrogen and oxygen atoms in total. The van der Waals surface area contributed by atoms with Crippen LogP contribution in [0.4, 0.5) is 10.5 Å². The Kier molecular flexibility index (Phi) is 6.78. The van der Waals surface area contributed by atoms with E-state index in [1.807, 2.05) is 18.0 Å². The van der Waals surface area contributed by atoms with Crippen molar-refractivity contribution in [3.63, 3.8) is 0 Å². The quantitative estimate of drug-likeness (QED) is 0.668. The lowest BCUT2D eigenvalue weighted by molar-refractivity contribution is -0.139. The Balaban J connectivity index is 2.01. The lowest BCUT2D eigenvalue weighted by Gasteiger charge is -2.31. The molecule has 2 aromatic carbocycles. The summed E-state index contributed by atoms with van der Waals surface area (Å²) in [5.74, 6) is 0.160. The van der Waals surface area contributed by atoms with E-state index in [1.165, 1.54) is 0 Å². The highest BCUT2D eigenvalue weighted by Gasteiger charge is 2.34. The zero-order chi connectivity index (χ0) is 22.4. The Bertz CT molecular complexity index is 1040. The van der Waals surface area contributed by atoms with Gasteiger partial charge in [0.15, 0.2) is 0 Å². The monoisotopic (exact) mass is 420 g/mol. The Labute approximate surface area is 181 Å². The van der Waals surface area contributed by atoms with Crippen molar-refractivity contribution < 1.29 is 19.1 Å². The maximum absolute atomic E-state index is 12.9. The van der Waals surface area contributed by atoms with Crippen molar-refractivity contribution >= 4 is 17.7 Å². The highest BCUT2D eigenvalue weighted by atomic mass is 16.5. The van der Waals surface area contributed by atoms with Crippen LogP contribution in [0, 0.1) is 11.3 Å². The molecule has 0 saturated carbocycles. The van der Waals surface area contributed by atoms with Crippen LogP contribution in [0.3, 0.4) is 0 Å². The normalized spacial score (nSPS) is 15.4. The van der Waals surface area contributed by atoms with Crippen LogP contribution >= 0.6 is 0 Å². The van der Waals surface area contributed by atoms with Crippen molar-refractivity contribution in [2.75, 3.05) is 32.2 Å². The molecule has 1 aliphatic heterocycles. The van der Waals surface area contributed by atoms with Gasteiger partial charge >= 0.3 is 12.0 Å². The molecule has 2 N–H and O–H groups in total. The summed E-state index contributed by atoms with van der Waals surface area (Å²) < 4.78 is 10.5. The Morgan fingerprint density at radius 2 is 1.97 bits per heavy atom. The van der Waals surface area contributed by atoms with Crippen molar-refractivity contribution in [1.29, 1.82) is 5.26 Å². The van der Waals surface area contributed by atoms with Gasteiger partial charge in [0.1, 0.15) is 5.75 Å². The Morgan fingerprint density at radius 1 is 1.23 bits per heavy atom. The van der Waals surface area contributed by atoms with Crippen LogP contribution in [-0.4, -0.2) is 39.3 Å². The molecule has 0 aromatic heterocycles. The molecule has 8 heteroatoms. The molecule has 0 bridgehead atoms. The number of ether oxygens (including phenoxy) is 2. The van der Waals surface area contributed by atoms with Crippen molar-refractivity contribution in [3.05, 3.63) is 70.9 Å². The lowest BCUT2D eigenvalue weighted by Crippen LogP contribution is -2.48. The SMILES string of the molecule is CCOC(=O)C1=C(CN(C)c2cccc(C#N)c2)NC(=O)N[C@H]1c1ccc(OC)cc1. The van der Waals surface area contributed by atoms with Crippen LogP contribution in [0.1, 0.15) is 24.1 Å². The molecule has 0 unspecified atom stereocenters. The van der Waals surface area contributed by atoms with Gasteiger partial charge in [-0.3, -0.25) is 0 Å². The van der Waals surface area contributed by atoms with E-state index in [1.54, 1.807) is 56.5 Å². The summed E-state index contributed by atoms with van der Waals surface area (Å²) in [5, 5.41) is 14.7. The number of urea groups is 1. The third-order valence-electron chi connectivity index (χ3n) is 4.91. The molecular weight excluding hydrogens is 396 g/mol. The number of hydrogen-bond acceptors (Lipinski definition) is 6. The Hall–Kier alpha value is -3.99. The molecule has 0 radical (unpaired) electrons. The number of likely N-dealkylation sites (N-methyl/N-ethyl adjacent to an activating group) is 1. The summed E-state index contributed by atoms with van der Waals surface area (Å²) in [4.78, 5) is 27.2. The fourth-order valence-corrected chi connectivity index (χ4v) is 3.38. The number of hydrogen-bond donors (Lipinski definition) is 2. The van der Waals surface area contributed by atoms with Gasteiger partial charge in [0, 0.05) is 12.7 Å². The molecule has 0 aliphatic carbocycles. The van der Waals surface area contributed by atoms with Crippen LogP contribution < -0.4 is 20.3 Å². The molecule has 1 heterocycles. The summed E-state index contributed by atoms with van der Waals surface area (Å²) in [6, 6.07) is 15.3. The molecule has 160 valence electrons. The summed E-state index contributed by atoms with van der Waals surface area (Å²) in [6.45, 7) is 2.18. The van der Waals surface area contributed by atoms with Gasteiger partial charge < -0.3 is 25.0 Å². The molecule has 2 aromatic rings. The standard InChI is InChI=1S/C23H24N4O4/c1-4-31-22(28)20-19(14-27(2)17-7-5-6-15(12-17)13-24)25-23(29)26-21(20)16-8-10-18(30-3)11-9-16/h5-12,21H,4,14H2,1-3H3,(H2,25,26,29)/t21-/m0/s1. The van der Waals surface area contributed by atoms with Crippen LogP contribution in [-0.2, 0) is 9.53 Å². The topological polar surface area (TPSA) is 104 Å². The number of benzene rings is 2. The third-order valence-corrected chi connectivity index (χ3v) is 4.91. The first kappa shape index (κ1) is 21.7.